The number of amides is 1. The zero-order valence-corrected chi connectivity index (χ0v) is 17.1. The topological polar surface area (TPSA) is 86.0 Å². The summed E-state index contributed by atoms with van der Waals surface area (Å²) in [6.07, 6.45) is -1.66. The number of carbonyl (C=O) groups is 1. The predicted molar refractivity (Wildman–Crippen MR) is 103 cm³/mol. The van der Waals surface area contributed by atoms with Crippen molar-refractivity contribution in [2.75, 3.05) is 7.11 Å². The van der Waals surface area contributed by atoms with Crippen molar-refractivity contribution in [1.82, 2.24) is 29.6 Å². The number of ether oxygens (including phenoxy) is 1. The van der Waals surface area contributed by atoms with Crippen LogP contribution in [0.4, 0.5) is 13.2 Å². The first-order chi connectivity index (χ1) is 14.7. The zero-order valence-electron chi connectivity index (χ0n) is 16.4. The highest BCUT2D eigenvalue weighted by Gasteiger charge is 2.37. The first-order valence-electron chi connectivity index (χ1n) is 9.16. The molecule has 1 aliphatic rings. The van der Waals surface area contributed by atoms with Gasteiger partial charge in [-0.3, -0.25) is 4.79 Å². The van der Waals surface area contributed by atoms with Crippen LogP contribution in [0.2, 0.25) is 5.02 Å². The van der Waals surface area contributed by atoms with Crippen molar-refractivity contribution in [2.24, 2.45) is 0 Å². The Morgan fingerprint density at radius 2 is 1.94 bits per heavy atom. The molecule has 162 valence electrons. The van der Waals surface area contributed by atoms with E-state index < -0.39 is 22.7 Å². The molecule has 3 heterocycles. The van der Waals surface area contributed by atoms with Gasteiger partial charge in [0.1, 0.15) is 0 Å². The number of alkyl halides is 3. The van der Waals surface area contributed by atoms with Crippen LogP contribution in [0.15, 0.2) is 30.6 Å². The van der Waals surface area contributed by atoms with Crippen molar-refractivity contribution >= 4 is 17.5 Å². The van der Waals surface area contributed by atoms with Crippen LogP contribution in [0.25, 0.3) is 11.6 Å². The Morgan fingerprint density at radius 1 is 1.23 bits per heavy atom. The zero-order chi connectivity index (χ0) is 22.3. The van der Waals surface area contributed by atoms with Crippen LogP contribution in [0.1, 0.15) is 28.7 Å². The van der Waals surface area contributed by atoms with Gasteiger partial charge in [0.25, 0.3) is 5.91 Å². The van der Waals surface area contributed by atoms with Gasteiger partial charge in [-0.05, 0) is 19.1 Å². The normalized spacial score (nSPS) is 16.2. The van der Waals surface area contributed by atoms with Crippen molar-refractivity contribution in [3.8, 4) is 17.4 Å². The van der Waals surface area contributed by atoms with Gasteiger partial charge in [-0.1, -0.05) is 17.7 Å². The molecule has 0 N–H and O–H groups in total. The molecule has 1 aromatic carbocycles. The fourth-order valence-electron chi connectivity index (χ4n) is 3.36. The summed E-state index contributed by atoms with van der Waals surface area (Å²) in [6, 6.07) is 2.93. The molecular formula is C19H16ClF3N6O2. The minimum Gasteiger partial charge on any atom is -0.494 e. The molecule has 0 aliphatic carbocycles. The lowest BCUT2D eigenvalue weighted by molar-refractivity contribution is -0.137. The summed E-state index contributed by atoms with van der Waals surface area (Å²) in [7, 11) is 1.50. The molecule has 3 aromatic rings. The molecule has 0 saturated carbocycles. The van der Waals surface area contributed by atoms with E-state index in [0.29, 0.717) is 29.8 Å². The van der Waals surface area contributed by atoms with E-state index in [1.54, 1.807) is 11.5 Å². The maximum Gasteiger partial charge on any atom is 0.417 e. The Hall–Kier alpha value is -3.21. The van der Waals surface area contributed by atoms with Gasteiger partial charge in [0.15, 0.2) is 17.4 Å². The summed E-state index contributed by atoms with van der Waals surface area (Å²) in [4.78, 5) is 22.9. The lowest BCUT2D eigenvalue weighted by Gasteiger charge is -2.34. The maximum absolute atomic E-state index is 13.2. The summed E-state index contributed by atoms with van der Waals surface area (Å²) in [5.74, 6) is 1.11. The van der Waals surface area contributed by atoms with Gasteiger partial charge >= 0.3 is 6.18 Å². The fraction of sp³-hybridized carbons (Fsp3) is 0.316. The molecule has 1 amide bonds. The number of benzene rings is 1. The van der Waals surface area contributed by atoms with Crippen molar-refractivity contribution < 1.29 is 22.7 Å². The largest absolute Gasteiger partial charge is 0.494 e. The Bertz CT molecular complexity index is 1130. The fourth-order valence-corrected chi connectivity index (χ4v) is 3.67. The summed E-state index contributed by atoms with van der Waals surface area (Å²) in [5.41, 5.74) is -1.26. The number of aromatic nitrogens is 5. The van der Waals surface area contributed by atoms with Gasteiger partial charge in [-0.25, -0.2) is 9.97 Å². The van der Waals surface area contributed by atoms with E-state index in [2.05, 4.69) is 20.2 Å². The van der Waals surface area contributed by atoms with E-state index >= 15 is 0 Å². The number of rotatable bonds is 3. The maximum atomic E-state index is 13.2. The molecule has 12 heteroatoms. The Kier molecular flexibility index (Phi) is 5.29. The van der Waals surface area contributed by atoms with Gasteiger partial charge in [0, 0.05) is 12.6 Å². The highest BCUT2D eigenvalue weighted by molar-refractivity contribution is 6.34. The second-order valence-electron chi connectivity index (χ2n) is 6.94. The predicted octanol–water partition coefficient (Wildman–Crippen LogP) is 3.46. The Morgan fingerprint density at radius 3 is 2.58 bits per heavy atom. The van der Waals surface area contributed by atoms with Crippen LogP contribution in [0, 0.1) is 0 Å². The van der Waals surface area contributed by atoms with E-state index in [0.717, 1.165) is 12.1 Å². The number of nitrogens with zero attached hydrogens (tertiary/aromatic N) is 6. The summed E-state index contributed by atoms with van der Waals surface area (Å²) < 4.78 is 46.3. The Balaban J connectivity index is 1.63. The third kappa shape index (κ3) is 3.80. The van der Waals surface area contributed by atoms with E-state index in [9.17, 15) is 18.0 Å². The highest BCUT2D eigenvalue weighted by Crippen LogP contribution is 2.37. The molecule has 1 atom stereocenters. The number of carbonyl (C=O) groups excluding carboxylic acids is 1. The van der Waals surface area contributed by atoms with Crippen LogP contribution in [-0.2, 0) is 19.3 Å². The first kappa shape index (κ1) is 21.0. The van der Waals surface area contributed by atoms with Crippen molar-refractivity contribution in [2.45, 2.75) is 32.2 Å². The number of halogens is 4. The number of hydrogen-bond donors (Lipinski definition) is 0. The van der Waals surface area contributed by atoms with E-state index in [-0.39, 0.29) is 18.2 Å². The van der Waals surface area contributed by atoms with Crippen LogP contribution in [-0.4, -0.2) is 48.7 Å². The van der Waals surface area contributed by atoms with Gasteiger partial charge in [-0.15, -0.1) is 10.2 Å². The summed E-state index contributed by atoms with van der Waals surface area (Å²) in [6.45, 7) is 2.14. The summed E-state index contributed by atoms with van der Waals surface area (Å²) >= 11 is 5.94. The lowest BCUT2D eigenvalue weighted by Crippen LogP contribution is -2.45. The second-order valence-corrected chi connectivity index (χ2v) is 7.32. The van der Waals surface area contributed by atoms with Gasteiger partial charge in [-0.2, -0.15) is 13.2 Å². The highest BCUT2D eigenvalue weighted by atomic mass is 35.5. The second kappa shape index (κ2) is 7.80. The van der Waals surface area contributed by atoms with Gasteiger partial charge in [0.05, 0.1) is 42.2 Å². The molecule has 1 aliphatic heterocycles. The average molecular weight is 453 g/mol. The molecule has 0 saturated heterocycles. The molecule has 31 heavy (non-hydrogen) atoms. The van der Waals surface area contributed by atoms with Crippen molar-refractivity contribution in [3.63, 3.8) is 0 Å². The summed E-state index contributed by atoms with van der Waals surface area (Å²) in [5, 5.41) is 7.61. The van der Waals surface area contributed by atoms with E-state index in [1.165, 1.54) is 30.5 Å². The molecule has 8 nitrogen and oxygen atoms in total. The van der Waals surface area contributed by atoms with E-state index in [4.69, 9.17) is 16.3 Å². The molecule has 4 rings (SSSR count). The lowest BCUT2D eigenvalue weighted by atomic mass is 10.1. The van der Waals surface area contributed by atoms with Gasteiger partial charge in [0.2, 0.25) is 5.82 Å². The van der Waals surface area contributed by atoms with Crippen LogP contribution >= 0.6 is 11.6 Å². The molecule has 1 unspecified atom stereocenters. The Labute approximate surface area is 179 Å². The average Bonchev–Trinajstić information content (AvgIpc) is 3.14. The third-order valence-corrected chi connectivity index (χ3v) is 5.38. The molecule has 0 bridgehead atoms. The standard InChI is InChI=1S/C19H16ClF3N6O2/c1-10-8-29-14(26-27-17(29)16-24-6-11(31-2)7-25-16)9-28(10)18(30)12-4-3-5-13(15(12)20)19(21,22)23/h3-7,10H,8-9H2,1-2H3. The minimum absolute atomic E-state index is 0.0513. The molecule has 0 spiro atoms. The number of methoxy groups -OCH3 is 1. The van der Waals surface area contributed by atoms with Crippen molar-refractivity contribution in [3.05, 3.63) is 52.6 Å². The number of fused-ring (bicyclic) bond motifs is 1. The molecule has 2 aromatic heterocycles. The molecule has 0 radical (unpaired) electrons. The monoisotopic (exact) mass is 452 g/mol. The third-order valence-electron chi connectivity index (χ3n) is 4.98. The van der Waals surface area contributed by atoms with Crippen molar-refractivity contribution in [1.29, 1.82) is 0 Å². The first-order valence-corrected chi connectivity index (χ1v) is 9.53. The molecular weight excluding hydrogens is 437 g/mol. The molecule has 0 fully saturated rings. The minimum atomic E-state index is -4.66. The quantitative estimate of drug-likeness (QED) is 0.605. The van der Waals surface area contributed by atoms with Crippen LogP contribution < -0.4 is 4.74 Å². The van der Waals surface area contributed by atoms with Gasteiger partial charge < -0.3 is 14.2 Å². The van der Waals surface area contributed by atoms with Crippen LogP contribution in [0.5, 0.6) is 5.75 Å². The number of hydrogen-bond acceptors (Lipinski definition) is 6. The SMILES string of the molecule is COc1cnc(-c2nnc3n2CC(C)N(C(=O)c2cccc(C(F)(F)F)c2Cl)C3)nc1. The van der Waals surface area contributed by atoms with E-state index in [1.807, 2.05) is 0 Å². The smallest absolute Gasteiger partial charge is 0.417 e. The van der Waals surface area contributed by atoms with Crippen LogP contribution in [0.3, 0.4) is 0 Å².